The van der Waals surface area contributed by atoms with Gasteiger partial charge >= 0.3 is 12.0 Å². The number of methoxy groups -OCH3 is 4. The molecule has 0 aliphatic carbocycles. The van der Waals surface area contributed by atoms with E-state index in [4.69, 9.17) is 18.9 Å². The zero-order valence-electron chi connectivity index (χ0n) is 20.3. The minimum atomic E-state index is -0.715. The fourth-order valence-corrected chi connectivity index (χ4v) is 4.64. The molecule has 1 heterocycles. The van der Waals surface area contributed by atoms with Gasteiger partial charge in [-0.25, -0.2) is 9.59 Å². The molecule has 2 atom stereocenters. The number of carbonyl (C=O) groups excluding carboxylic acids is 2. The maximum atomic E-state index is 13.5. The molecular weight excluding hydrogens is 456 g/mol. The lowest BCUT2D eigenvalue weighted by Crippen LogP contribution is -2.51. The van der Waals surface area contributed by atoms with E-state index in [0.29, 0.717) is 30.9 Å². The molecule has 34 heavy (non-hydrogen) atoms. The first kappa shape index (κ1) is 25.6. The van der Waals surface area contributed by atoms with Crippen LogP contribution in [0.1, 0.15) is 29.2 Å². The normalized spacial score (nSPS) is 15.7. The van der Waals surface area contributed by atoms with E-state index in [1.807, 2.05) is 42.7 Å². The average Bonchev–Trinajstić information content (AvgIpc) is 2.88. The molecular formula is C25H32N2O6S. The number of urea groups is 1. The molecule has 0 bridgehead atoms. The summed E-state index contributed by atoms with van der Waals surface area (Å²) >= 11 is 1.61. The summed E-state index contributed by atoms with van der Waals surface area (Å²) in [5, 5.41) is 2.89. The topological polar surface area (TPSA) is 86.3 Å². The highest BCUT2D eigenvalue weighted by atomic mass is 32.2. The number of thioether (sulfide) groups is 1. The van der Waals surface area contributed by atoms with Crippen molar-refractivity contribution >= 4 is 23.8 Å². The first-order valence-electron chi connectivity index (χ1n) is 11.0. The molecule has 2 amide bonds. The maximum Gasteiger partial charge on any atom is 0.328 e. The molecule has 3 rings (SSSR count). The molecule has 0 unspecified atom stereocenters. The van der Waals surface area contributed by atoms with Crippen LogP contribution in [0.3, 0.4) is 0 Å². The number of nitrogens with one attached hydrogen (secondary N) is 1. The molecule has 8 nitrogen and oxygen atoms in total. The fourth-order valence-electron chi connectivity index (χ4n) is 4.17. The number of benzene rings is 2. The molecule has 184 valence electrons. The molecule has 0 aromatic heterocycles. The Bertz CT molecular complexity index is 998. The molecule has 1 aliphatic rings. The predicted molar refractivity (Wildman–Crippen MR) is 132 cm³/mol. The molecule has 0 saturated carbocycles. The zero-order valence-corrected chi connectivity index (χ0v) is 21.1. The van der Waals surface area contributed by atoms with Gasteiger partial charge < -0.3 is 29.2 Å². The highest BCUT2D eigenvalue weighted by Gasteiger charge is 2.35. The largest absolute Gasteiger partial charge is 0.497 e. The lowest BCUT2D eigenvalue weighted by atomic mass is 9.87. The van der Waals surface area contributed by atoms with Crippen molar-refractivity contribution in [3.05, 3.63) is 53.1 Å². The van der Waals surface area contributed by atoms with Crippen LogP contribution in [0.5, 0.6) is 17.2 Å². The molecule has 1 N–H and O–H groups in total. The minimum Gasteiger partial charge on any atom is -0.497 e. The summed E-state index contributed by atoms with van der Waals surface area (Å²) in [5.41, 5.74) is 2.94. The van der Waals surface area contributed by atoms with Crippen LogP contribution in [0.15, 0.2) is 36.4 Å². The third kappa shape index (κ3) is 5.52. The number of amides is 2. The Labute approximate surface area is 204 Å². The minimum absolute atomic E-state index is 0.322. The second-order valence-electron chi connectivity index (χ2n) is 7.83. The highest BCUT2D eigenvalue weighted by Crippen LogP contribution is 2.41. The molecule has 0 fully saturated rings. The second kappa shape index (κ2) is 11.9. The predicted octanol–water partition coefficient (Wildman–Crippen LogP) is 3.66. The smallest absolute Gasteiger partial charge is 0.328 e. The SMILES string of the molecule is COC(=O)[C@H](CCSC)NC(=O)N1CCc2cc(OC)c(OC)cc2[C@@H]1c1ccc(OC)cc1. The molecule has 2 aromatic rings. The Morgan fingerprint density at radius 1 is 1.06 bits per heavy atom. The van der Waals surface area contributed by atoms with Crippen molar-refractivity contribution < 1.29 is 28.5 Å². The van der Waals surface area contributed by atoms with Crippen LogP contribution in [-0.4, -0.2) is 69.9 Å². The first-order chi connectivity index (χ1) is 16.5. The van der Waals surface area contributed by atoms with Crippen LogP contribution in [0.2, 0.25) is 0 Å². The van der Waals surface area contributed by atoms with E-state index in [1.165, 1.54) is 7.11 Å². The summed E-state index contributed by atoms with van der Waals surface area (Å²) in [4.78, 5) is 27.6. The van der Waals surface area contributed by atoms with E-state index >= 15 is 0 Å². The van der Waals surface area contributed by atoms with Crippen molar-refractivity contribution in [1.29, 1.82) is 0 Å². The van der Waals surface area contributed by atoms with Gasteiger partial charge in [0.1, 0.15) is 11.8 Å². The number of hydrogen-bond donors (Lipinski definition) is 1. The lowest BCUT2D eigenvalue weighted by molar-refractivity contribution is -0.142. The summed E-state index contributed by atoms with van der Waals surface area (Å²) in [7, 11) is 6.14. The van der Waals surface area contributed by atoms with Gasteiger partial charge in [0, 0.05) is 6.54 Å². The van der Waals surface area contributed by atoms with Gasteiger partial charge in [-0.1, -0.05) is 12.1 Å². The Morgan fingerprint density at radius 3 is 2.32 bits per heavy atom. The number of carbonyl (C=O) groups is 2. The fraction of sp³-hybridized carbons (Fsp3) is 0.440. The number of nitrogens with zero attached hydrogens (tertiary/aromatic N) is 1. The number of esters is 1. The molecule has 2 aromatic carbocycles. The highest BCUT2D eigenvalue weighted by molar-refractivity contribution is 7.98. The van der Waals surface area contributed by atoms with Gasteiger partial charge in [0.25, 0.3) is 0 Å². The number of rotatable bonds is 9. The van der Waals surface area contributed by atoms with Crippen LogP contribution in [0.25, 0.3) is 0 Å². The van der Waals surface area contributed by atoms with E-state index in [-0.39, 0.29) is 12.1 Å². The van der Waals surface area contributed by atoms with Crippen LogP contribution in [-0.2, 0) is 16.0 Å². The third-order valence-corrected chi connectivity index (χ3v) is 6.60. The van der Waals surface area contributed by atoms with Crippen molar-refractivity contribution in [2.45, 2.75) is 24.9 Å². The molecule has 1 aliphatic heterocycles. The molecule has 0 spiro atoms. The summed E-state index contributed by atoms with van der Waals surface area (Å²) in [5.74, 6) is 2.24. The van der Waals surface area contributed by atoms with Crippen LogP contribution in [0, 0.1) is 0 Å². The lowest BCUT2D eigenvalue weighted by Gasteiger charge is -2.38. The van der Waals surface area contributed by atoms with E-state index in [0.717, 1.165) is 28.2 Å². The van der Waals surface area contributed by atoms with E-state index in [1.54, 1.807) is 38.0 Å². The van der Waals surface area contributed by atoms with Gasteiger partial charge in [-0.15, -0.1) is 0 Å². The summed E-state index contributed by atoms with van der Waals surface area (Å²) in [6.07, 6.45) is 3.09. The number of fused-ring (bicyclic) bond motifs is 1. The zero-order chi connectivity index (χ0) is 24.7. The van der Waals surface area contributed by atoms with Crippen LogP contribution < -0.4 is 19.5 Å². The maximum absolute atomic E-state index is 13.5. The van der Waals surface area contributed by atoms with Crippen LogP contribution in [0.4, 0.5) is 4.79 Å². The van der Waals surface area contributed by atoms with Gasteiger partial charge in [0.15, 0.2) is 11.5 Å². The monoisotopic (exact) mass is 488 g/mol. The van der Waals surface area contributed by atoms with Crippen molar-refractivity contribution in [2.24, 2.45) is 0 Å². The van der Waals surface area contributed by atoms with E-state index in [2.05, 4.69) is 5.32 Å². The molecule has 0 radical (unpaired) electrons. The number of ether oxygens (including phenoxy) is 4. The Morgan fingerprint density at radius 2 is 1.74 bits per heavy atom. The van der Waals surface area contributed by atoms with Gasteiger partial charge in [0.2, 0.25) is 0 Å². The van der Waals surface area contributed by atoms with Gasteiger partial charge in [-0.05, 0) is 65.8 Å². The molecule has 0 saturated heterocycles. The first-order valence-corrected chi connectivity index (χ1v) is 12.4. The van der Waals surface area contributed by atoms with E-state index in [9.17, 15) is 9.59 Å². The van der Waals surface area contributed by atoms with Crippen molar-refractivity contribution in [2.75, 3.05) is 47.0 Å². The third-order valence-electron chi connectivity index (χ3n) is 5.96. The second-order valence-corrected chi connectivity index (χ2v) is 8.82. The summed E-state index contributed by atoms with van der Waals surface area (Å²) < 4.78 is 21.3. The van der Waals surface area contributed by atoms with Crippen molar-refractivity contribution in [3.8, 4) is 17.2 Å². The van der Waals surface area contributed by atoms with E-state index < -0.39 is 12.0 Å². The summed E-state index contributed by atoms with van der Waals surface area (Å²) in [6, 6.07) is 10.1. The van der Waals surface area contributed by atoms with Gasteiger partial charge in [0.05, 0.1) is 34.5 Å². The van der Waals surface area contributed by atoms with Gasteiger partial charge in [-0.2, -0.15) is 11.8 Å². The average molecular weight is 489 g/mol. The Kier molecular flexibility index (Phi) is 8.92. The van der Waals surface area contributed by atoms with Crippen molar-refractivity contribution in [1.82, 2.24) is 10.2 Å². The van der Waals surface area contributed by atoms with Crippen LogP contribution >= 0.6 is 11.8 Å². The molecule has 9 heteroatoms. The Hall–Kier alpha value is -3.07. The number of hydrogen-bond acceptors (Lipinski definition) is 7. The van der Waals surface area contributed by atoms with Crippen molar-refractivity contribution in [3.63, 3.8) is 0 Å². The Balaban J connectivity index is 2.01. The quantitative estimate of drug-likeness (QED) is 0.539. The summed E-state index contributed by atoms with van der Waals surface area (Å²) in [6.45, 7) is 0.474. The standard InChI is InChI=1S/C25H32N2O6S/c1-30-18-8-6-16(7-9-18)23-19-15-22(32-3)21(31-2)14-17(19)10-12-27(23)25(29)26-20(11-13-34-5)24(28)33-4/h6-9,14-15,20,23H,10-13H2,1-5H3,(H,26,29)/t20-,23-/m0/s1. The van der Waals surface area contributed by atoms with Gasteiger partial charge in [-0.3, -0.25) is 0 Å².